The van der Waals surface area contributed by atoms with Gasteiger partial charge in [-0.3, -0.25) is 9.78 Å². The van der Waals surface area contributed by atoms with Crippen LogP contribution in [0.15, 0.2) is 12.3 Å². The van der Waals surface area contributed by atoms with Gasteiger partial charge in [-0.2, -0.15) is 0 Å². The second-order valence-corrected chi connectivity index (χ2v) is 3.96. The van der Waals surface area contributed by atoms with Gasteiger partial charge < -0.3 is 20.7 Å². The van der Waals surface area contributed by atoms with Crippen LogP contribution in [0.4, 0.5) is 5.69 Å². The molecule has 0 aliphatic heterocycles. The van der Waals surface area contributed by atoms with E-state index in [1.807, 2.05) is 0 Å². The van der Waals surface area contributed by atoms with Gasteiger partial charge in [-0.15, -0.1) is 0 Å². The molecule has 0 aromatic carbocycles. The highest BCUT2D eigenvalue weighted by molar-refractivity contribution is 5.70. The molecule has 0 aliphatic rings. The minimum atomic E-state index is -1.24. The molecule has 2 atom stereocenters. The summed E-state index contributed by atoms with van der Waals surface area (Å²) in [6.07, 6.45) is -1.27. The molecule has 2 unspecified atom stereocenters. The third-order valence-electron chi connectivity index (χ3n) is 2.51. The van der Waals surface area contributed by atoms with Crippen molar-refractivity contribution in [2.24, 2.45) is 0 Å². The van der Waals surface area contributed by atoms with Gasteiger partial charge in [0.05, 0.1) is 31.0 Å². The van der Waals surface area contributed by atoms with Crippen LogP contribution in [0.2, 0.25) is 0 Å². The van der Waals surface area contributed by atoms with E-state index in [0.717, 1.165) is 0 Å². The number of carbonyl (C=O) groups excluding carboxylic acids is 1. The molecule has 0 fully saturated rings. The molecule has 0 saturated carbocycles. The van der Waals surface area contributed by atoms with Gasteiger partial charge in [0.2, 0.25) is 0 Å². The number of nitrogens with zero attached hydrogens (tertiary/aromatic N) is 1. The van der Waals surface area contributed by atoms with Crippen LogP contribution in [0.1, 0.15) is 30.7 Å². The van der Waals surface area contributed by atoms with Crippen molar-refractivity contribution in [3.05, 3.63) is 23.5 Å². The Hall–Kier alpha value is -1.66. The van der Waals surface area contributed by atoms with Gasteiger partial charge in [-0.25, -0.2) is 0 Å². The fourth-order valence-electron chi connectivity index (χ4n) is 1.58. The lowest BCUT2D eigenvalue weighted by Crippen LogP contribution is -2.24. The standard InChI is InChI=1S/C12H18N2O4/c1-3-18-11(16)5-10(15)12(17)9-4-8(13)6-14-7(9)2/h4,6,10,12,15,17H,3,5,13H2,1-2H3. The average molecular weight is 254 g/mol. The van der Waals surface area contributed by atoms with E-state index in [2.05, 4.69) is 4.98 Å². The van der Waals surface area contributed by atoms with Crippen molar-refractivity contribution in [1.29, 1.82) is 0 Å². The van der Waals surface area contributed by atoms with Gasteiger partial charge in [0.15, 0.2) is 0 Å². The lowest BCUT2D eigenvalue weighted by atomic mass is 10.0. The zero-order valence-corrected chi connectivity index (χ0v) is 10.5. The summed E-state index contributed by atoms with van der Waals surface area (Å²) in [5.74, 6) is -0.557. The van der Waals surface area contributed by atoms with Gasteiger partial charge >= 0.3 is 5.97 Å². The number of esters is 1. The third-order valence-corrected chi connectivity index (χ3v) is 2.51. The minimum Gasteiger partial charge on any atom is -0.466 e. The maximum atomic E-state index is 11.2. The Labute approximate surface area is 105 Å². The van der Waals surface area contributed by atoms with Gasteiger partial charge in [0.1, 0.15) is 6.10 Å². The van der Waals surface area contributed by atoms with E-state index in [0.29, 0.717) is 16.9 Å². The van der Waals surface area contributed by atoms with Gasteiger partial charge in [0, 0.05) is 11.3 Å². The number of ether oxygens (including phenoxy) is 1. The number of aliphatic hydroxyl groups excluding tert-OH is 2. The summed E-state index contributed by atoms with van der Waals surface area (Å²) in [6, 6.07) is 1.53. The smallest absolute Gasteiger partial charge is 0.308 e. The zero-order valence-electron chi connectivity index (χ0n) is 10.5. The second-order valence-electron chi connectivity index (χ2n) is 3.96. The molecule has 1 aromatic rings. The number of hydrogen-bond acceptors (Lipinski definition) is 6. The number of nitrogens with two attached hydrogens (primary N) is 1. The molecule has 100 valence electrons. The molecule has 0 amide bonds. The van der Waals surface area contributed by atoms with E-state index in [-0.39, 0.29) is 13.0 Å². The maximum Gasteiger partial charge on any atom is 0.308 e. The van der Waals surface area contributed by atoms with Crippen LogP contribution in [0, 0.1) is 6.92 Å². The number of aryl methyl sites for hydroxylation is 1. The largest absolute Gasteiger partial charge is 0.466 e. The molecule has 18 heavy (non-hydrogen) atoms. The van der Waals surface area contributed by atoms with E-state index in [1.165, 1.54) is 12.3 Å². The summed E-state index contributed by atoms with van der Waals surface area (Å²) >= 11 is 0. The number of aliphatic hydroxyl groups is 2. The highest BCUT2D eigenvalue weighted by atomic mass is 16.5. The maximum absolute atomic E-state index is 11.2. The molecular weight excluding hydrogens is 236 g/mol. The first-order valence-corrected chi connectivity index (χ1v) is 5.69. The molecule has 1 heterocycles. The molecule has 6 heteroatoms. The fraction of sp³-hybridized carbons (Fsp3) is 0.500. The van der Waals surface area contributed by atoms with Crippen LogP contribution < -0.4 is 5.73 Å². The highest BCUT2D eigenvalue weighted by Gasteiger charge is 2.24. The average Bonchev–Trinajstić information content (AvgIpc) is 2.31. The van der Waals surface area contributed by atoms with Crippen molar-refractivity contribution >= 4 is 11.7 Å². The Kier molecular flexibility index (Phi) is 5.06. The Bertz CT molecular complexity index is 423. The van der Waals surface area contributed by atoms with Crippen LogP contribution in [-0.4, -0.2) is 33.9 Å². The molecule has 0 saturated heterocycles. The summed E-state index contributed by atoms with van der Waals surface area (Å²) < 4.78 is 4.70. The minimum absolute atomic E-state index is 0.237. The van der Waals surface area contributed by atoms with Crippen molar-refractivity contribution in [3.63, 3.8) is 0 Å². The first-order chi connectivity index (χ1) is 8.45. The van der Waals surface area contributed by atoms with Crippen LogP contribution in [0.3, 0.4) is 0 Å². The lowest BCUT2D eigenvalue weighted by molar-refractivity contribution is -0.147. The molecule has 0 bridgehead atoms. The van der Waals surface area contributed by atoms with Crippen LogP contribution in [-0.2, 0) is 9.53 Å². The number of nitrogen functional groups attached to an aromatic ring is 1. The molecular formula is C12H18N2O4. The van der Waals surface area contributed by atoms with Crippen molar-refractivity contribution in [3.8, 4) is 0 Å². The number of aromatic nitrogens is 1. The number of anilines is 1. The zero-order chi connectivity index (χ0) is 13.7. The predicted molar refractivity (Wildman–Crippen MR) is 65.6 cm³/mol. The first-order valence-electron chi connectivity index (χ1n) is 5.69. The quantitative estimate of drug-likeness (QED) is 0.653. The summed E-state index contributed by atoms with van der Waals surface area (Å²) in [6.45, 7) is 3.60. The van der Waals surface area contributed by atoms with E-state index in [9.17, 15) is 15.0 Å². The monoisotopic (exact) mass is 254 g/mol. The fourth-order valence-corrected chi connectivity index (χ4v) is 1.58. The lowest BCUT2D eigenvalue weighted by Gasteiger charge is -2.19. The van der Waals surface area contributed by atoms with Gasteiger partial charge in [-0.1, -0.05) is 0 Å². The van der Waals surface area contributed by atoms with E-state index >= 15 is 0 Å². The molecule has 6 nitrogen and oxygen atoms in total. The number of carbonyl (C=O) groups is 1. The number of pyridine rings is 1. The van der Waals surface area contributed by atoms with Gasteiger partial charge in [-0.05, 0) is 19.9 Å². The van der Waals surface area contributed by atoms with Crippen LogP contribution in [0.5, 0.6) is 0 Å². The Balaban J connectivity index is 2.76. The van der Waals surface area contributed by atoms with Crippen LogP contribution >= 0.6 is 0 Å². The highest BCUT2D eigenvalue weighted by Crippen LogP contribution is 2.23. The Morgan fingerprint density at radius 2 is 2.22 bits per heavy atom. The van der Waals surface area contributed by atoms with Crippen molar-refractivity contribution in [2.75, 3.05) is 12.3 Å². The number of hydrogen-bond donors (Lipinski definition) is 3. The first kappa shape index (κ1) is 14.4. The molecule has 0 aliphatic carbocycles. The summed E-state index contributed by atoms with van der Waals surface area (Å²) in [5, 5.41) is 19.7. The third kappa shape index (κ3) is 3.68. The van der Waals surface area contributed by atoms with E-state index in [1.54, 1.807) is 13.8 Å². The van der Waals surface area contributed by atoms with Crippen molar-refractivity contribution in [1.82, 2.24) is 4.98 Å². The van der Waals surface area contributed by atoms with E-state index in [4.69, 9.17) is 10.5 Å². The van der Waals surface area contributed by atoms with Crippen molar-refractivity contribution in [2.45, 2.75) is 32.5 Å². The molecule has 4 N–H and O–H groups in total. The predicted octanol–water partition coefficient (Wildman–Crippen LogP) is 0.320. The van der Waals surface area contributed by atoms with E-state index < -0.39 is 18.2 Å². The van der Waals surface area contributed by atoms with Crippen molar-refractivity contribution < 1.29 is 19.7 Å². The summed E-state index contributed by atoms with van der Waals surface area (Å²) in [5.41, 5.74) is 6.92. The second kappa shape index (κ2) is 6.32. The molecule has 0 radical (unpaired) electrons. The summed E-state index contributed by atoms with van der Waals surface area (Å²) in [7, 11) is 0. The Morgan fingerprint density at radius 1 is 1.56 bits per heavy atom. The molecule has 1 aromatic heterocycles. The SMILES string of the molecule is CCOC(=O)CC(O)C(O)c1cc(N)cnc1C. The van der Waals surface area contributed by atoms with Gasteiger partial charge in [0.25, 0.3) is 0 Å². The van der Waals surface area contributed by atoms with Crippen LogP contribution in [0.25, 0.3) is 0 Å². The summed E-state index contributed by atoms with van der Waals surface area (Å²) in [4.78, 5) is 15.2. The number of rotatable bonds is 5. The topological polar surface area (TPSA) is 106 Å². The molecule has 1 rings (SSSR count). The Morgan fingerprint density at radius 3 is 2.83 bits per heavy atom. The normalized spacial score (nSPS) is 14.0. The molecule has 0 spiro atoms.